The van der Waals surface area contributed by atoms with Gasteiger partial charge in [0.15, 0.2) is 5.03 Å². The number of sulfonamides is 1. The van der Waals surface area contributed by atoms with Gasteiger partial charge in [0.2, 0.25) is 5.88 Å². The lowest BCUT2D eigenvalue weighted by Gasteiger charge is -2.16. The zero-order valence-electron chi connectivity index (χ0n) is 20.5. The van der Waals surface area contributed by atoms with Gasteiger partial charge < -0.3 is 15.6 Å². The molecule has 0 fully saturated rings. The van der Waals surface area contributed by atoms with Gasteiger partial charge in [-0.2, -0.15) is 8.42 Å². The van der Waals surface area contributed by atoms with Gasteiger partial charge in [-0.25, -0.2) is 14.7 Å². The molecule has 2 aromatic carbocycles. The molecule has 0 aliphatic heterocycles. The van der Waals surface area contributed by atoms with Crippen LogP contribution in [0.2, 0.25) is 0 Å². The Morgan fingerprint density at radius 2 is 1.70 bits per heavy atom. The number of hydrogen-bond donors (Lipinski definition) is 3. The number of aryl methyl sites for hydroxylation is 3. The summed E-state index contributed by atoms with van der Waals surface area (Å²) in [6.45, 7) is 5.57. The van der Waals surface area contributed by atoms with Gasteiger partial charge in [0, 0.05) is 9.84 Å². The van der Waals surface area contributed by atoms with E-state index in [1.807, 2.05) is 43.7 Å². The minimum atomic E-state index is -4.31. The summed E-state index contributed by atoms with van der Waals surface area (Å²) in [7, 11) is -4.31. The van der Waals surface area contributed by atoms with E-state index in [9.17, 15) is 18.3 Å². The van der Waals surface area contributed by atoms with Gasteiger partial charge in [-0.3, -0.25) is 4.79 Å². The third kappa shape index (κ3) is 5.76. The number of benzene rings is 2. The van der Waals surface area contributed by atoms with Crippen molar-refractivity contribution in [3.05, 3.63) is 94.5 Å². The van der Waals surface area contributed by atoms with Crippen LogP contribution >= 0.6 is 0 Å². The van der Waals surface area contributed by atoms with Crippen LogP contribution in [0.5, 0.6) is 11.6 Å². The van der Waals surface area contributed by atoms with Crippen LogP contribution in [0, 0.1) is 20.8 Å². The molecule has 0 atom stereocenters. The number of aromatic nitrogens is 2. The lowest BCUT2D eigenvalue weighted by Crippen LogP contribution is -2.31. The quantitative estimate of drug-likeness (QED) is 0.313. The van der Waals surface area contributed by atoms with Gasteiger partial charge in [0.25, 0.3) is 15.9 Å². The van der Waals surface area contributed by atoms with Crippen LogP contribution < -0.4 is 15.2 Å². The Bertz CT molecular complexity index is 1590. The number of carbonyl (C=O) groups excluding carboxylic acids is 1. The number of nitrogens with zero attached hydrogens (tertiary/aromatic N) is 2. The van der Waals surface area contributed by atoms with Crippen LogP contribution in [0.25, 0.3) is 11.3 Å². The molecule has 0 saturated heterocycles. The maximum Gasteiger partial charge on any atom is 0.281 e. The van der Waals surface area contributed by atoms with Gasteiger partial charge in [-0.05, 0) is 67.8 Å². The van der Waals surface area contributed by atoms with E-state index < -0.39 is 15.9 Å². The molecule has 196 valence electrons. The Kier molecular flexibility index (Phi) is 7.23. The average Bonchev–Trinajstić information content (AvgIpc) is 2.86. The second kappa shape index (κ2) is 10.4. The fourth-order valence-electron chi connectivity index (χ4n) is 3.92. The van der Waals surface area contributed by atoms with Gasteiger partial charge in [-0.1, -0.05) is 42.0 Å². The molecule has 0 bridgehead atoms. The smallest absolute Gasteiger partial charge is 0.281 e. The van der Waals surface area contributed by atoms with Crippen molar-refractivity contribution in [2.75, 3.05) is 5.73 Å². The molecule has 4 N–H and O–H groups in total. The van der Waals surface area contributed by atoms with Crippen LogP contribution in [0.4, 0.5) is 5.82 Å². The number of ether oxygens (including phenoxy) is 1. The Morgan fingerprint density at radius 1 is 1.00 bits per heavy atom. The number of anilines is 1. The number of nitrogens with one attached hydrogen (secondary N) is 1. The van der Waals surface area contributed by atoms with Gasteiger partial charge in [0.05, 0.1) is 12.3 Å². The highest BCUT2D eigenvalue weighted by atomic mass is 32.2. The SMILES string of the molecule is Cc1cc(C)c(Oc2nc(-c3cccc(CO)c3)ccc2C(=O)NS(=O)(=O)c2cccc(N)n2)c(C)c1.[HH].[HH].[HH]. The molecule has 2 heterocycles. The van der Waals surface area contributed by atoms with E-state index in [2.05, 4.69) is 9.97 Å². The van der Waals surface area contributed by atoms with Crippen molar-refractivity contribution in [3.63, 3.8) is 0 Å². The van der Waals surface area contributed by atoms with E-state index in [1.54, 1.807) is 24.3 Å². The molecule has 9 nitrogen and oxygen atoms in total. The largest absolute Gasteiger partial charge is 0.438 e. The van der Waals surface area contributed by atoms with Gasteiger partial charge in [0.1, 0.15) is 17.1 Å². The standard InChI is InChI=1S/C27H26N4O5S.3H2/c1-16-12-17(2)25(18(3)13-16)36-27-21(10-11-22(29-27)20-7-4-6-19(14-20)15-32)26(33)31-37(34,35)24-9-5-8-23(28)30-24;;;/h4-14,32H,15H2,1-3H3,(H2,28,30)(H,31,33);3*1H. The zero-order valence-corrected chi connectivity index (χ0v) is 21.3. The third-order valence-electron chi connectivity index (χ3n) is 5.56. The van der Waals surface area contributed by atoms with E-state index in [4.69, 9.17) is 10.5 Å². The maximum atomic E-state index is 13.2. The molecule has 0 radical (unpaired) electrons. The summed E-state index contributed by atoms with van der Waals surface area (Å²) in [6.07, 6.45) is 0. The summed E-state index contributed by atoms with van der Waals surface area (Å²) < 4.78 is 33.8. The fourth-order valence-corrected chi connectivity index (χ4v) is 4.86. The number of rotatable bonds is 7. The molecule has 0 unspecified atom stereocenters. The highest BCUT2D eigenvalue weighted by Crippen LogP contribution is 2.33. The van der Waals surface area contributed by atoms with Crippen molar-refractivity contribution >= 4 is 21.7 Å². The number of nitrogen functional groups attached to an aromatic ring is 1. The first-order valence-electron chi connectivity index (χ1n) is 11.3. The van der Waals surface area contributed by atoms with Crippen molar-refractivity contribution in [2.24, 2.45) is 0 Å². The first-order valence-corrected chi connectivity index (χ1v) is 12.8. The molecule has 0 aliphatic carbocycles. The highest BCUT2D eigenvalue weighted by Gasteiger charge is 2.25. The number of amides is 1. The third-order valence-corrected chi connectivity index (χ3v) is 6.79. The summed E-state index contributed by atoms with van der Waals surface area (Å²) in [4.78, 5) is 21.6. The summed E-state index contributed by atoms with van der Waals surface area (Å²) >= 11 is 0. The minimum absolute atomic E-state index is 0. The first-order chi connectivity index (χ1) is 17.6. The van der Waals surface area contributed by atoms with E-state index in [-0.39, 0.29) is 33.2 Å². The maximum absolute atomic E-state index is 13.2. The van der Waals surface area contributed by atoms with Gasteiger partial charge in [-0.15, -0.1) is 0 Å². The van der Waals surface area contributed by atoms with Crippen molar-refractivity contribution in [1.29, 1.82) is 0 Å². The molecule has 4 rings (SSSR count). The molecule has 1 amide bonds. The number of nitrogens with two attached hydrogens (primary N) is 1. The summed E-state index contributed by atoms with van der Waals surface area (Å²) in [5, 5.41) is 9.12. The molecule has 0 aliphatic rings. The molecule has 2 aromatic heterocycles. The predicted octanol–water partition coefficient (Wildman–Crippen LogP) is 4.79. The Balaban J connectivity index is 0.00000267. The second-order valence-corrected chi connectivity index (χ2v) is 10.2. The van der Waals surface area contributed by atoms with Crippen LogP contribution in [-0.2, 0) is 16.6 Å². The van der Waals surface area contributed by atoms with Crippen molar-refractivity contribution < 1.29 is 27.3 Å². The minimum Gasteiger partial charge on any atom is -0.438 e. The molecule has 0 spiro atoms. The van der Waals surface area contributed by atoms with E-state index in [0.717, 1.165) is 16.7 Å². The Hall–Kier alpha value is -4.28. The summed E-state index contributed by atoms with van der Waals surface area (Å²) in [5.74, 6) is -0.505. The molecule has 10 heteroatoms. The molecular weight excluding hydrogens is 492 g/mol. The van der Waals surface area contributed by atoms with E-state index in [0.29, 0.717) is 22.6 Å². The lowest BCUT2D eigenvalue weighted by molar-refractivity contribution is 0.0978. The zero-order chi connectivity index (χ0) is 26.7. The monoisotopic (exact) mass is 524 g/mol. The lowest BCUT2D eigenvalue weighted by atomic mass is 10.1. The van der Waals surface area contributed by atoms with Crippen molar-refractivity contribution in [1.82, 2.24) is 14.7 Å². The van der Waals surface area contributed by atoms with Crippen LogP contribution in [0.1, 0.15) is 36.9 Å². The number of pyridine rings is 2. The normalized spacial score (nSPS) is 11.2. The number of carbonyl (C=O) groups is 1. The summed E-state index contributed by atoms with van der Waals surface area (Å²) in [6, 6.07) is 18.1. The highest BCUT2D eigenvalue weighted by molar-refractivity contribution is 7.90. The molecule has 0 saturated carbocycles. The predicted molar refractivity (Wildman–Crippen MR) is 146 cm³/mol. The average molecular weight is 525 g/mol. The van der Waals surface area contributed by atoms with Crippen molar-refractivity contribution in [3.8, 4) is 22.9 Å². The van der Waals surface area contributed by atoms with Gasteiger partial charge >= 0.3 is 0 Å². The fraction of sp³-hybridized carbons (Fsp3) is 0.148. The van der Waals surface area contributed by atoms with Crippen molar-refractivity contribution in [2.45, 2.75) is 32.4 Å². The Labute approximate surface area is 219 Å². The second-order valence-electron chi connectivity index (χ2n) is 8.57. The summed E-state index contributed by atoms with van der Waals surface area (Å²) in [5.41, 5.74) is 10.1. The van der Waals surface area contributed by atoms with E-state index in [1.165, 1.54) is 24.3 Å². The molecule has 4 aromatic rings. The number of hydrogen-bond acceptors (Lipinski definition) is 8. The van der Waals surface area contributed by atoms with Crippen LogP contribution in [0.3, 0.4) is 0 Å². The molecule has 37 heavy (non-hydrogen) atoms. The van der Waals surface area contributed by atoms with E-state index >= 15 is 0 Å². The molecular formula is C27H32N4O5S. The number of aliphatic hydroxyl groups is 1. The van der Waals surface area contributed by atoms with Crippen LogP contribution in [0.15, 0.2) is 71.8 Å². The topological polar surface area (TPSA) is 144 Å². The first kappa shape index (κ1) is 25.8. The Morgan fingerprint density at radius 3 is 2.38 bits per heavy atom. The van der Waals surface area contributed by atoms with Crippen LogP contribution in [-0.4, -0.2) is 29.4 Å². The number of aliphatic hydroxyl groups excluding tert-OH is 1.